The standard InChI is InChI=1S/C20H24FN3O3/c1-13-12-17(23-24(13)16-10-8-15(21)9-11-16)19(25)22-18(20(26)27-2)14-6-4-3-5-7-14/h8-12,14,18H,3-7H2,1-2H3,(H,22,25). The van der Waals surface area contributed by atoms with Crippen LogP contribution in [0.3, 0.4) is 0 Å². The maximum atomic E-state index is 13.1. The molecule has 1 unspecified atom stereocenters. The number of nitrogens with zero attached hydrogens (tertiary/aromatic N) is 2. The lowest BCUT2D eigenvalue weighted by Crippen LogP contribution is -2.47. The van der Waals surface area contributed by atoms with Gasteiger partial charge in [0, 0.05) is 5.69 Å². The molecule has 0 spiro atoms. The minimum atomic E-state index is -0.668. The molecule has 1 saturated carbocycles. The molecular weight excluding hydrogens is 349 g/mol. The Balaban J connectivity index is 1.79. The van der Waals surface area contributed by atoms with Crippen molar-refractivity contribution in [3.63, 3.8) is 0 Å². The molecule has 144 valence electrons. The Bertz CT molecular complexity index is 810. The average Bonchev–Trinajstić information content (AvgIpc) is 3.08. The van der Waals surface area contributed by atoms with E-state index in [0.29, 0.717) is 5.69 Å². The molecule has 0 saturated heterocycles. The van der Waals surface area contributed by atoms with Gasteiger partial charge in [-0.3, -0.25) is 4.79 Å². The first-order valence-corrected chi connectivity index (χ1v) is 9.21. The van der Waals surface area contributed by atoms with Gasteiger partial charge in [0.25, 0.3) is 5.91 Å². The molecule has 0 bridgehead atoms. The number of aryl methyl sites for hydroxylation is 1. The van der Waals surface area contributed by atoms with E-state index in [4.69, 9.17) is 4.74 Å². The summed E-state index contributed by atoms with van der Waals surface area (Å²) in [6.07, 6.45) is 5.03. The highest BCUT2D eigenvalue weighted by Gasteiger charge is 2.32. The van der Waals surface area contributed by atoms with Gasteiger partial charge >= 0.3 is 5.97 Å². The van der Waals surface area contributed by atoms with E-state index in [1.54, 1.807) is 22.9 Å². The highest BCUT2D eigenvalue weighted by molar-refractivity contribution is 5.95. The van der Waals surface area contributed by atoms with Gasteiger partial charge in [0.2, 0.25) is 0 Å². The van der Waals surface area contributed by atoms with Gasteiger partial charge in [0.1, 0.15) is 11.9 Å². The van der Waals surface area contributed by atoms with E-state index < -0.39 is 17.9 Å². The van der Waals surface area contributed by atoms with Gasteiger partial charge in [-0.15, -0.1) is 0 Å². The molecule has 0 radical (unpaired) electrons. The Morgan fingerprint density at radius 2 is 1.89 bits per heavy atom. The zero-order chi connectivity index (χ0) is 19.4. The molecule has 1 atom stereocenters. The number of aromatic nitrogens is 2. The molecule has 1 N–H and O–H groups in total. The number of amides is 1. The number of benzene rings is 1. The summed E-state index contributed by atoms with van der Waals surface area (Å²) in [6.45, 7) is 1.81. The normalized spacial score (nSPS) is 16.0. The number of ether oxygens (including phenoxy) is 1. The Morgan fingerprint density at radius 3 is 2.52 bits per heavy atom. The molecule has 1 aromatic carbocycles. The van der Waals surface area contributed by atoms with Gasteiger partial charge < -0.3 is 10.1 Å². The first-order chi connectivity index (χ1) is 13.0. The lowest BCUT2D eigenvalue weighted by molar-refractivity contribution is -0.144. The Morgan fingerprint density at radius 1 is 1.22 bits per heavy atom. The van der Waals surface area contributed by atoms with E-state index in [0.717, 1.165) is 37.8 Å². The van der Waals surface area contributed by atoms with E-state index in [9.17, 15) is 14.0 Å². The zero-order valence-corrected chi connectivity index (χ0v) is 15.6. The van der Waals surface area contributed by atoms with Crippen molar-refractivity contribution < 1.29 is 18.7 Å². The van der Waals surface area contributed by atoms with Crippen LogP contribution in [-0.4, -0.2) is 34.8 Å². The number of methoxy groups -OCH3 is 1. The summed E-state index contributed by atoms with van der Waals surface area (Å²) in [5.74, 6) is -1.10. The fourth-order valence-electron chi connectivity index (χ4n) is 3.61. The third-order valence-corrected chi connectivity index (χ3v) is 5.05. The van der Waals surface area contributed by atoms with Crippen LogP contribution in [0.5, 0.6) is 0 Å². The second-order valence-electron chi connectivity index (χ2n) is 6.93. The smallest absolute Gasteiger partial charge is 0.328 e. The van der Waals surface area contributed by atoms with Gasteiger partial charge in [-0.1, -0.05) is 19.3 Å². The van der Waals surface area contributed by atoms with E-state index in [-0.39, 0.29) is 17.4 Å². The Kier molecular flexibility index (Phi) is 5.88. The maximum Gasteiger partial charge on any atom is 0.328 e. The summed E-state index contributed by atoms with van der Waals surface area (Å²) in [4.78, 5) is 24.9. The maximum absolute atomic E-state index is 13.1. The van der Waals surface area contributed by atoms with Crippen molar-refractivity contribution in [2.75, 3.05) is 7.11 Å². The van der Waals surface area contributed by atoms with Crippen LogP contribution >= 0.6 is 0 Å². The summed E-state index contributed by atoms with van der Waals surface area (Å²) in [5.41, 5.74) is 1.60. The SMILES string of the molecule is COC(=O)C(NC(=O)c1cc(C)n(-c2ccc(F)cc2)n1)C1CCCCC1. The van der Waals surface area contributed by atoms with Gasteiger partial charge in [-0.2, -0.15) is 5.10 Å². The predicted molar refractivity (Wildman–Crippen MR) is 98.1 cm³/mol. The number of hydrogen-bond donors (Lipinski definition) is 1. The zero-order valence-electron chi connectivity index (χ0n) is 15.6. The number of carbonyl (C=O) groups is 2. The van der Waals surface area contributed by atoms with Gasteiger partial charge in [-0.25, -0.2) is 13.9 Å². The van der Waals surface area contributed by atoms with Crippen LogP contribution in [0.25, 0.3) is 5.69 Å². The van der Waals surface area contributed by atoms with Crippen molar-refractivity contribution >= 4 is 11.9 Å². The van der Waals surface area contributed by atoms with Gasteiger partial charge in [-0.05, 0) is 56.0 Å². The largest absolute Gasteiger partial charge is 0.467 e. The second-order valence-corrected chi connectivity index (χ2v) is 6.93. The van der Waals surface area contributed by atoms with Crippen molar-refractivity contribution in [2.24, 2.45) is 5.92 Å². The van der Waals surface area contributed by atoms with Crippen molar-refractivity contribution in [1.82, 2.24) is 15.1 Å². The van der Waals surface area contributed by atoms with Gasteiger partial charge in [0.05, 0.1) is 12.8 Å². The van der Waals surface area contributed by atoms with Crippen LogP contribution in [0, 0.1) is 18.7 Å². The molecule has 0 aliphatic heterocycles. The fraction of sp³-hybridized carbons (Fsp3) is 0.450. The summed E-state index contributed by atoms with van der Waals surface area (Å²) in [6, 6.07) is 6.85. The topological polar surface area (TPSA) is 73.2 Å². The summed E-state index contributed by atoms with van der Waals surface area (Å²) >= 11 is 0. The third-order valence-electron chi connectivity index (χ3n) is 5.05. The third kappa shape index (κ3) is 4.35. The average molecular weight is 373 g/mol. The van der Waals surface area contributed by atoms with Crippen LogP contribution in [0.4, 0.5) is 4.39 Å². The number of carbonyl (C=O) groups excluding carboxylic acids is 2. The molecule has 1 fully saturated rings. The molecule has 1 aliphatic carbocycles. The number of halogens is 1. The fourth-order valence-corrected chi connectivity index (χ4v) is 3.61. The number of nitrogens with one attached hydrogen (secondary N) is 1. The van der Waals surface area contributed by atoms with Crippen LogP contribution in [0.1, 0.15) is 48.3 Å². The van der Waals surface area contributed by atoms with Crippen molar-refractivity contribution in [2.45, 2.75) is 45.1 Å². The lowest BCUT2D eigenvalue weighted by atomic mass is 9.84. The van der Waals surface area contributed by atoms with Crippen LogP contribution < -0.4 is 5.32 Å². The molecule has 27 heavy (non-hydrogen) atoms. The van der Waals surface area contributed by atoms with E-state index in [1.807, 2.05) is 6.92 Å². The second kappa shape index (κ2) is 8.33. The van der Waals surface area contributed by atoms with Crippen LogP contribution in [0.2, 0.25) is 0 Å². The van der Waals surface area contributed by atoms with E-state index in [1.165, 1.54) is 19.2 Å². The van der Waals surface area contributed by atoms with E-state index >= 15 is 0 Å². The first-order valence-electron chi connectivity index (χ1n) is 9.21. The summed E-state index contributed by atoms with van der Waals surface area (Å²) in [7, 11) is 1.33. The quantitative estimate of drug-likeness (QED) is 0.817. The monoisotopic (exact) mass is 373 g/mol. The summed E-state index contributed by atoms with van der Waals surface area (Å²) < 4.78 is 19.6. The van der Waals surface area contributed by atoms with Crippen LogP contribution in [-0.2, 0) is 9.53 Å². The molecule has 1 heterocycles. The first kappa shape index (κ1) is 19.1. The van der Waals surface area contributed by atoms with Gasteiger partial charge in [0.15, 0.2) is 5.69 Å². The highest BCUT2D eigenvalue weighted by atomic mass is 19.1. The molecule has 7 heteroatoms. The lowest BCUT2D eigenvalue weighted by Gasteiger charge is -2.28. The van der Waals surface area contributed by atoms with Crippen molar-refractivity contribution in [3.8, 4) is 5.69 Å². The number of rotatable bonds is 5. The molecule has 6 nitrogen and oxygen atoms in total. The Labute approximate surface area is 157 Å². The molecule has 1 aliphatic rings. The minimum absolute atomic E-state index is 0.0791. The van der Waals surface area contributed by atoms with Crippen LogP contribution in [0.15, 0.2) is 30.3 Å². The number of esters is 1. The Hall–Kier alpha value is -2.70. The molecule has 3 rings (SSSR count). The van der Waals surface area contributed by atoms with Crippen molar-refractivity contribution in [1.29, 1.82) is 0 Å². The number of hydrogen-bond acceptors (Lipinski definition) is 4. The highest BCUT2D eigenvalue weighted by Crippen LogP contribution is 2.27. The molecular formula is C20H24FN3O3. The summed E-state index contributed by atoms with van der Waals surface area (Å²) in [5, 5.41) is 7.13. The minimum Gasteiger partial charge on any atom is -0.467 e. The molecule has 1 aromatic heterocycles. The van der Waals surface area contributed by atoms with Crippen molar-refractivity contribution in [3.05, 3.63) is 47.5 Å². The molecule has 1 amide bonds. The predicted octanol–water partition coefficient (Wildman–Crippen LogP) is 3.17. The van der Waals surface area contributed by atoms with E-state index in [2.05, 4.69) is 10.4 Å². The molecule has 2 aromatic rings.